The molecule has 0 radical (unpaired) electrons. The van der Waals surface area contributed by atoms with Gasteiger partial charge in [0.15, 0.2) is 11.5 Å². The summed E-state index contributed by atoms with van der Waals surface area (Å²) in [5.41, 5.74) is 0.991. The molecule has 0 unspecified atom stereocenters. The number of piperazine rings is 1. The molecule has 1 N–H and O–H groups in total. The van der Waals surface area contributed by atoms with E-state index in [1.54, 1.807) is 12.3 Å². The van der Waals surface area contributed by atoms with Gasteiger partial charge >= 0.3 is 6.18 Å². The Morgan fingerprint density at radius 2 is 1.72 bits per heavy atom. The van der Waals surface area contributed by atoms with Crippen LogP contribution in [0, 0.1) is 5.82 Å². The standard InChI is InChI=1S/C23H23F4N9/c1-2-34-7-9-35(10-8-34)13-15-3-5-18(28-11-15)30-22-29-12-17(24)20(31-22)16-4-6-19-32-33-21(23(25,26)27)36(19)14-16/h3-6,11-12,14H,2,7-10,13H2,1H3,(H,28,29,30,31). The maximum absolute atomic E-state index is 14.5. The van der Waals surface area contributed by atoms with E-state index in [1.165, 1.54) is 12.1 Å². The van der Waals surface area contributed by atoms with Gasteiger partial charge in [-0.25, -0.2) is 19.3 Å². The number of likely N-dealkylation sites (N-methyl/N-ethyl adjacent to an activating group) is 1. The molecule has 5 rings (SSSR count). The van der Waals surface area contributed by atoms with Crippen molar-refractivity contribution < 1.29 is 17.6 Å². The lowest BCUT2D eigenvalue weighted by atomic mass is 10.2. The molecule has 0 saturated carbocycles. The van der Waals surface area contributed by atoms with Crippen LogP contribution in [-0.4, -0.2) is 72.1 Å². The maximum atomic E-state index is 14.5. The lowest BCUT2D eigenvalue weighted by molar-refractivity contribution is -0.145. The van der Waals surface area contributed by atoms with Gasteiger partial charge in [0.1, 0.15) is 11.5 Å². The number of nitrogens with one attached hydrogen (secondary N) is 1. The Kier molecular flexibility index (Phi) is 6.49. The zero-order chi connectivity index (χ0) is 25.3. The molecule has 1 aliphatic rings. The average molecular weight is 501 g/mol. The van der Waals surface area contributed by atoms with E-state index in [0.717, 1.165) is 61.6 Å². The smallest absolute Gasteiger partial charge is 0.309 e. The fourth-order valence-corrected chi connectivity index (χ4v) is 4.08. The van der Waals surface area contributed by atoms with Crippen molar-refractivity contribution in [2.45, 2.75) is 19.6 Å². The first kappa shape index (κ1) is 24.0. The van der Waals surface area contributed by atoms with Crippen molar-refractivity contribution in [3.63, 3.8) is 0 Å². The summed E-state index contributed by atoms with van der Waals surface area (Å²) in [5.74, 6) is -1.47. The summed E-state index contributed by atoms with van der Waals surface area (Å²) >= 11 is 0. The molecule has 0 spiro atoms. The Bertz CT molecular complexity index is 1350. The Labute approximate surface area is 203 Å². The predicted octanol–water partition coefficient (Wildman–Crippen LogP) is 3.62. The molecule has 188 valence electrons. The van der Waals surface area contributed by atoms with Crippen molar-refractivity contribution >= 4 is 17.4 Å². The highest BCUT2D eigenvalue weighted by Gasteiger charge is 2.37. The van der Waals surface area contributed by atoms with Crippen LogP contribution in [0.4, 0.5) is 29.3 Å². The maximum Gasteiger partial charge on any atom is 0.452 e. The Balaban J connectivity index is 1.32. The van der Waals surface area contributed by atoms with Gasteiger partial charge in [0.25, 0.3) is 0 Å². The second-order valence-electron chi connectivity index (χ2n) is 8.44. The molecule has 0 aliphatic carbocycles. The van der Waals surface area contributed by atoms with Gasteiger partial charge in [0, 0.05) is 50.7 Å². The van der Waals surface area contributed by atoms with E-state index in [-0.39, 0.29) is 22.9 Å². The number of hydrogen-bond acceptors (Lipinski definition) is 8. The number of anilines is 2. The normalized spacial score (nSPS) is 15.5. The topological polar surface area (TPSA) is 87.4 Å². The summed E-state index contributed by atoms with van der Waals surface area (Å²) < 4.78 is 54.9. The zero-order valence-electron chi connectivity index (χ0n) is 19.4. The average Bonchev–Trinajstić information content (AvgIpc) is 3.31. The van der Waals surface area contributed by atoms with E-state index < -0.39 is 17.8 Å². The van der Waals surface area contributed by atoms with Gasteiger partial charge in [-0.15, -0.1) is 10.2 Å². The van der Waals surface area contributed by atoms with Crippen molar-refractivity contribution in [3.8, 4) is 11.3 Å². The van der Waals surface area contributed by atoms with Crippen LogP contribution in [-0.2, 0) is 12.7 Å². The first-order valence-corrected chi connectivity index (χ1v) is 11.4. The molecule has 1 fully saturated rings. The largest absolute Gasteiger partial charge is 0.452 e. The number of rotatable bonds is 6. The molecular weight excluding hydrogens is 478 g/mol. The molecule has 5 heterocycles. The summed E-state index contributed by atoms with van der Waals surface area (Å²) in [6.07, 6.45) is -0.898. The number of pyridine rings is 2. The quantitative estimate of drug-likeness (QED) is 0.401. The molecule has 13 heteroatoms. The van der Waals surface area contributed by atoms with E-state index in [4.69, 9.17) is 0 Å². The van der Waals surface area contributed by atoms with Gasteiger partial charge < -0.3 is 10.2 Å². The van der Waals surface area contributed by atoms with E-state index in [1.807, 2.05) is 6.07 Å². The minimum atomic E-state index is -4.71. The molecule has 1 aliphatic heterocycles. The number of alkyl halides is 3. The van der Waals surface area contributed by atoms with E-state index in [2.05, 4.69) is 47.2 Å². The van der Waals surface area contributed by atoms with Crippen molar-refractivity contribution in [2.75, 3.05) is 38.0 Å². The molecule has 0 atom stereocenters. The van der Waals surface area contributed by atoms with E-state index >= 15 is 0 Å². The molecule has 4 aromatic rings. The van der Waals surface area contributed by atoms with Crippen LogP contribution >= 0.6 is 0 Å². The number of fused-ring (bicyclic) bond motifs is 1. The van der Waals surface area contributed by atoms with Gasteiger partial charge in [-0.2, -0.15) is 13.2 Å². The predicted molar refractivity (Wildman–Crippen MR) is 124 cm³/mol. The fraction of sp³-hybridized carbons (Fsp3) is 0.348. The van der Waals surface area contributed by atoms with Gasteiger partial charge in [0.05, 0.1) is 6.20 Å². The van der Waals surface area contributed by atoms with Gasteiger partial charge in [-0.1, -0.05) is 13.0 Å². The summed E-state index contributed by atoms with van der Waals surface area (Å²) in [7, 11) is 0. The van der Waals surface area contributed by atoms with Crippen LogP contribution in [0.15, 0.2) is 42.9 Å². The third-order valence-corrected chi connectivity index (χ3v) is 6.06. The van der Waals surface area contributed by atoms with E-state index in [9.17, 15) is 17.6 Å². The molecule has 9 nitrogen and oxygen atoms in total. The van der Waals surface area contributed by atoms with Crippen molar-refractivity contribution in [2.24, 2.45) is 0 Å². The van der Waals surface area contributed by atoms with Crippen LogP contribution in [0.1, 0.15) is 18.3 Å². The van der Waals surface area contributed by atoms with Gasteiger partial charge in [-0.3, -0.25) is 9.30 Å². The molecule has 36 heavy (non-hydrogen) atoms. The van der Waals surface area contributed by atoms with E-state index in [0.29, 0.717) is 5.82 Å². The van der Waals surface area contributed by atoms with Crippen LogP contribution in [0.3, 0.4) is 0 Å². The Hall–Kier alpha value is -3.71. The number of halogens is 4. The Morgan fingerprint density at radius 3 is 2.42 bits per heavy atom. The monoisotopic (exact) mass is 501 g/mol. The second kappa shape index (κ2) is 9.74. The first-order valence-electron chi connectivity index (χ1n) is 11.4. The van der Waals surface area contributed by atoms with Crippen molar-refractivity contribution in [1.29, 1.82) is 0 Å². The molecule has 0 bridgehead atoms. The zero-order valence-corrected chi connectivity index (χ0v) is 19.4. The lowest BCUT2D eigenvalue weighted by Crippen LogP contribution is -2.45. The Morgan fingerprint density at radius 1 is 0.944 bits per heavy atom. The number of nitrogens with zero attached hydrogens (tertiary/aromatic N) is 8. The van der Waals surface area contributed by atoms with Crippen LogP contribution in [0.5, 0.6) is 0 Å². The summed E-state index contributed by atoms with van der Waals surface area (Å²) in [6.45, 7) is 8.14. The van der Waals surface area contributed by atoms with Crippen molar-refractivity contribution in [3.05, 3.63) is 60.1 Å². The minimum absolute atomic E-state index is 0.0181. The SMILES string of the molecule is CCN1CCN(Cc2ccc(Nc3ncc(F)c(-c4ccc5nnc(C(F)(F)F)n5c4)n3)nc2)CC1. The first-order chi connectivity index (χ1) is 17.3. The third-order valence-electron chi connectivity index (χ3n) is 6.06. The summed E-state index contributed by atoms with van der Waals surface area (Å²) in [4.78, 5) is 17.3. The van der Waals surface area contributed by atoms with Crippen LogP contribution in [0.2, 0.25) is 0 Å². The van der Waals surface area contributed by atoms with Gasteiger partial charge in [0.2, 0.25) is 11.8 Å². The number of hydrogen-bond donors (Lipinski definition) is 1. The van der Waals surface area contributed by atoms with Crippen molar-refractivity contribution in [1.82, 2.24) is 39.3 Å². The second-order valence-corrected chi connectivity index (χ2v) is 8.44. The highest BCUT2D eigenvalue weighted by atomic mass is 19.4. The molecule has 4 aromatic heterocycles. The molecule has 0 aromatic carbocycles. The lowest BCUT2D eigenvalue weighted by Gasteiger charge is -2.33. The fourth-order valence-electron chi connectivity index (χ4n) is 4.08. The highest BCUT2D eigenvalue weighted by molar-refractivity contribution is 5.63. The number of aromatic nitrogens is 6. The highest BCUT2D eigenvalue weighted by Crippen LogP contribution is 2.30. The van der Waals surface area contributed by atoms with Gasteiger partial charge in [-0.05, 0) is 30.3 Å². The molecule has 1 saturated heterocycles. The summed E-state index contributed by atoms with van der Waals surface area (Å²) in [6, 6.07) is 6.47. The minimum Gasteiger partial charge on any atom is -0.309 e. The summed E-state index contributed by atoms with van der Waals surface area (Å²) in [5, 5.41) is 9.61. The third kappa shape index (κ3) is 5.11. The van der Waals surface area contributed by atoms with Crippen LogP contribution in [0.25, 0.3) is 16.9 Å². The molecule has 0 amide bonds. The van der Waals surface area contributed by atoms with Crippen LogP contribution < -0.4 is 5.32 Å². The molecular formula is C23H23F4N9.